The number of aromatic amines is 1. The molecule has 5 heteroatoms. The van der Waals surface area contributed by atoms with Crippen molar-refractivity contribution < 1.29 is 4.74 Å². The molecule has 1 aromatic carbocycles. The monoisotopic (exact) mass is 323 g/mol. The Labute approximate surface area is 141 Å². The van der Waals surface area contributed by atoms with Crippen molar-refractivity contribution in [3.8, 4) is 16.9 Å². The zero-order valence-electron chi connectivity index (χ0n) is 14.0. The zero-order valence-corrected chi connectivity index (χ0v) is 14.0. The highest BCUT2D eigenvalue weighted by Gasteiger charge is 2.10. The van der Waals surface area contributed by atoms with Crippen LogP contribution in [-0.2, 0) is 13.0 Å². The Morgan fingerprint density at radius 3 is 2.75 bits per heavy atom. The van der Waals surface area contributed by atoms with E-state index >= 15 is 0 Å². The first-order chi connectivity index (χ1) is 11.7. The molecule has 1 N–H and O–H groups in total. The second-order valence-corrected chi connectivity index (χ2v) is 5.69. The van der Waals surface area contributed by atoms with Gasteiger partial charge >= 0.3 is 0 Å². The predicted molar refractivity (Wildman–Crippen MR) is 94.4 cm³/mol. The minimum absolute atomic E-state index is 0.117. The Morgan fingerprint density at radius 1 is 1.17 bits per heavy atom. The number of nitrogens with zero attached hydrogens (tertiary/aromatic N) is 2. The average Bonchev–Trinajstić information content (AvgIpc) is 3.02. The van der Waals surface area contributed by atoms with Crippen LogP contribution in [0.15, 0.2) is 53.7 Å². The summed E-state index contributed by atoms with van der Waals surface area (Å²) in [4.78, 5) is 19.7. The molecule has 2 heterocycles. The number of ether oxygens (including phenoxy) is 1. The number of benzene rings is 1. The van der Waals surface area contributed by atoms with Crippen LogP contribution in [0.2, 0.25) is 0 Å². The number of hydrogen-bond acceptors (Lipinski definition) is 3. The third-order valence-corrected chi connectivity index (χ3v) is 4.01. The Morgan fingerprint density at radius 2 is 2.00 bits per heavy atom. The molecule has 0 atom stereocenters. The lowest BCUT2D eigenvalue weighted by Crippen LogP contribution is -2.14. The summed E-state index contributed by atoms with van der Waals surface area (Å²) < 4.78 is 7.41. The topological polar surface area (TPSA) is 59.9 Å². The molecule has 2 aromatic heterocycles. The van der Waals surface area contributed by atoms with Crippen LogP contribution in [0, 0.1) is 0 Å². The Balaban J connectivity index is 1.90. The molecule has 0 unspecified atom stereocenters. The van der Waals surface area contributed by atoms with Gasteiger partial charge in [0.15, 0.2) is 0 Å². The van der Waals surface area contributed by atoms with Crippen molar-refractivity contribution in [3.05, 3.63) is 70.7 Å². The number of aryl methyl sites for hydroxylation is 1. The third-order valence-electron chi connectivity index (χ3n) is 4.01. The molecule has 0 bridgehead atoms. The Hall–Kier alpha value is -2.82. The van der Waals surface area contributed by atoms with Gasteiger partial charge in [0.25, 0.3) is 5.56 Å². The van der Waals surface area contributed by atoms with Gasteiger partial charge in [0, 0.05) is 23.1 Å². The van der Waals surface area contributed by atoms with Crippen LogP contribution in [0.1, 0.15) is 24.7 Å². The largest absolute Gasteiger partial charge is 0.496 e. The quantitative estimate of drug-likeness (QED) is 0.757. The maximum absolute atomic E-state index is 12.5. The molecule has 0 spiro atoms. The summed E-state index contributed by atoms with van der Waals surface area (Å²) in [5.41, 5.74) is 3.31. The summed E-state index contributed by atoms with van der Waals surface area (Å²) in [5, 5.41) is 0. The number of hydrogen-bond donors (Lipinski definition) is 1. The van der Waals surface area contributed by atoms with Gasteiger partial charge in [-0.25, -0.2) is 4.98 Å². The van der Waals surface area contributed by atoms with Crippen LogP contribution in [0.3, 0.4) is 0 Å². The van der Waals surface area contributed by atoms with Crippen molar-refractivity contribution >= 4 is 0 Å². The van der Waals surface area contributed by atoms with Crippen LogP contribution in [0.25, 0.3) is 11.1 Å². The molecule has 0 saturated carbocycles. The Bertz CT molecular complexity index is 880. The SMILES string of the molecule is CCCc1cncn1Cc1ccc(-c2ccccc2OC)c(=O)[nH]1. The number of H-pyrrole nitrogens is 1. The molecular formula is C19H21N3O2. The molecule has 0 saturated heterocycles. The summed E-state index contributed by atoms with van der Waals surface area (Å²) >= 11 is 0. The van der Waals surface area contributed by atoms with Crippen LogP contribution < -0.4 is 10.3 Å². The molecule has 3 rings (SSSR count). The van der Waals surface area contributed by atoms with E-state index < -0.39 is 0 Å². The van der Waals surface area contributed by atoms with Crippen LogP contribution >= 0.6 is 0 Å². The van der Waals surface area contributed by atoms with E-state index in [1.165, 1.54) is 5.69 Å². The molecule has 5 nitrogen and oxygen atoms in total. The highest BCUT2D eigenvalue weighted by Crippen LogP contribution is 2.26. The highest BCUT2D eigenvalue weighted by molar-refractivity contribution is 5.69. The summed E-state index contributed by atoms with van der Waals surface area (Å²) in [6.07, 6.45) is 5.72. The molecule has 24 heavy (non-hydrogen) atoms. The molecule has 0 amide bonds. The number of nitrogens with one attached hydrogen (secondary N) is 1. The zero-order chi connectivity index (χ0) is 16.9. The first kappa shape index (κ1) is 16.1. The van der Waals surface area contributed by atoms with Crippen LogP contribution in [0.5, 0.6) is 5.75 Å². The van der Waals surface area contributed by atoms with E-state index in [9.17, 15) is 4.79 Å². The minimum atomic E-state index is -0.117. The van der Waals surface area contributed by atoms with Gasteiger partial charge in [0.2, 0.25) is 0 Å². The fraction of sp³-hybridized carbons (Fsp3) is 0.263. The lowest BCUT2D eigenvalue weighted by Gasteiger charge is -2.10. The van der Waals surface area contributed by atoms with Crippen LogP contribution in [-0.4, -0.2) is 21.6 Å². The van der Waals surface area contributed by atoms with E-state index in [2.05, 4.69) is 21.5 Å². The van der Waals surface area contributed by atoms with Gasteiger partial charge in [-0.1, -0.05) is 31.5 Å². The maximum Gasteiger partial charge on any atom is 0.256 e. The van der Waals surface area contributed by atoms with Gasteiger partial charge in [-0.05, 0) is 24.6 Å². The van der Waals surface area contributed by atoms with E-state index in [0.29, 0.717) is 17.9 Å². The average molecular weight is 323 g/mol. The van der Waals surface area contributed by atoms with Crippen molar-refractivity contribution in [1.29, 1.82) is 0 Å². The number of methoxy groups -OCH3 is 1. The predicted octanol–water partition coefficient (Wildman–Crippen LogP) is 3.25. The van der Waals surface area contributed by atoms with E-state index in [0.717, 1.165) is 24.1 Å². The molecule has 3 aromatic rings. The van der Waals surface area contributed by atoms with Gasteiger partial charge in [0.05, 0.1) is 25.5 Å². The molecule has 0 aliphatic carbocycles. The fourth-order valence-electron chi connectivity index (χ4n) is 2.82. The van der Waals surface area contributed by atoms with Crippen molar-refractivity contribution in [2.45, 2.75) is 26.3 Å². The minimum Gasteiger partial charge on any atom is -0.496 e. The van der Waals surface area contributed by atoms with Crippen molar-refractivity contribution in [2.24, 2.45) is 0 Å². The first-order valence-electron chi connectivity index (χ1n) is 8.07. The van der Waals surface area contributed by atoms with Gasteiger partial charge in [-0.2, -0.15) is 0 Å². The van der Waals surface area contributed by atoms with Gasteiger partial charge < -0.3 is 14.3 Å². The molecular weight excluding hydrogens is 302 g/mol. The number of para-hydroxylation sites is 1. The number of imidazole rings is 1. The normalized spacial score (nSPS) is 10.8. The standard InChI is InChI=1S/C19H21N3O2/c1-3-6-15-11-20-13-22(15)12-14-9-10-17(19(23)21-14)16-7-4-5-8-18(16)24-2/h4-5,7-11,13H,3,6,12H2,1-2H3,(H,21,23). The van der Waals surface area contributed by atoms with Gasteiger partial charge in [0.1, 0.15) is 5.75 Å². The van der Waals surface area contributed by atoms with Crippen molar-refractivity contribution in [1.82, 2.24) is 14.5 Å². The summed E-state index contributed by atoms with van der Waals surface area (Å²) in [7, 11) is 1.61. The number of aromatic nitrogens is 3. The second-order valence-electron chi connectivity index (χ2n) is 5.69. The highest BCUT2D eigenvalue weighted by atomic mass is 16.5. The molecule has 0 radical (unpaired) electrons. The van der Waals surface area contributed by atoms with Gasteiger partial charge in [-0.15, -0.1) is 0 Å². The Kier molecular flexibility index (Phi) is 4.79. The first-order valence-corrected chi connectivity index (χ1v) is 8.07. The smallest absolute Gasteiger partial charge is 0.256 e. The molecule has 124 valence electrons. The lowest BCUT2D eigenvalue weighted by molar-refractivity contribution is 0.416. The summed E-state index contributed by atoms with van der Waals surface area (Å²) in [6.45, 7) is 2.75. The maximum atomic E-state index is 12.5. The van der Waals surface area contributed by atoms with Crippen molar-refractivity contribution in [3.63, 3.8) is 0 Å². The van der Waals surface area contributed by atoms with Crippen LogP contribution in [0.4, 0.5) is 0 Å². The van der Waals surface area contributed by atoms with E-state index in [1.807, 2.05) is 42.6 Å². The summed E-state index contributed by atoms with van der Waals surface area (Å²) in [5.74, 6) is 0.690. The molecule has 0 aliphatic rings. The summed E-state index contributed by atoms with van der Waals surface area (Å²) in [6, 6.07) is 11.3. The van der Waals surface area contributed by atoms with E-state index in [4.69, 9.17) is 4.74 Å². The molecule has 0 aliphatic heterocycles. The van der Waals surface area contributed by atoms with Gasteiger partial charge in [-0.3, -0.25) is 4.79 Å². The lowest BCUT2D eigenvalue weighted by atomic mass is 10.1. The third kappa shape index (κ3) is 3.25. The van der Waals surface area contributed by atoms with E-state index in [1.54, 1.807) is 13.4 Å². The second kappa shape index (κ2) is 7.17. The van der Waals surface area contributed by atoms with E-state index in [-0.39, 0.29) is 5.56 Å². The fourth-order valence-corrected chi connectivity index (χ4v) is 2.82. The van der Waals surface area contributed by atoms with Crippen molar-refractivity contribution in [2.75, 3.05) is 7.11 Å². The number of pyridine rings is 1. The number of rotatable bonds is 6. The molecule has 0 fully saturated rings.